The van der Waals surface area contributed by atoms with Crippen molar-refractivity contribution in [2.75, 3.05) is 0 Å². The zero-order valence-electron chi connectivity index (χ0n) is 13.2. The van der Waals surface area contributed by atoms with Crippen LogP contribution in [0.1, 0.15) is 58.1 Å². The lowest BCUT2D eigenvalue weighted by molar-refractivity contribution is 0.456. The fourth-order valence-corrected chi connectivity index (χ4v) is 2.57. The Labute approximate surface area is 120 Å². The average Bonchev–Trinajstić information content (AvgIpc) is 2.94. The largest absolute Gasteiger partial charge is 0.252 e. The van der Waals surface area contributed by atoms with Crippen molar-refractivity contribution in [3.8, 4) is 0 Å². The van der Waals surface area contributed by atoms with E-state index in [1.807, 2.05) is 11.7 Å². The first-order valence-corrected chi connectivity index (χ1v) is 6.97. The molecule has 0 aliphatic rings. The number of H-pyrrole nitrogens is 1. The molecule has 0 spiro atoms. The third-order valence-corrected chi connectivity index (χ3v) is 3.70. The molecule has 0 fully saturated rings. The van der Waals surface area contributed by atoms with Crippen LogP contribution in [0.3, 0.4) is 0 Å². The Morgan fingerprint density at radius 2 is 1.90 bits per heavy atom. The van der Waals surface area contributed by atoms with Crippen molar-refractivity contribution >= 4 is 0 Å². The number of aromatic amines is 1. The number of aryl methyl sites for hydroxylation is 2. The normalized spacial score (nSPS) is 12.9. The quantitative estimate of drug-likeness (QED) is 0.928. The van der Waals surface area contributed by atoms with Crippen molar-refractivity contribution in [3.05, 3.63) is 23.3 Å². The van der Waals surface area contributed by atoms with E-state index < -0.39 is 0 Å². The smallest absolute Gasteiger partial charge is 0.0880 e. The molecule has 2 rings (SSSR count). The molecule has 0 radical (unpaired) electrons. The van der Waals surface area contributed by atoms with Gasteiger partial charge in [0, 0.05) is 17.9 Å². The molecule has 2 aromatic heterocycles. The summed E-state index contributed by atoms with van der Waals surface area (Å²) in [6.45, 7) is 10.9. The Hall–Kier alpha value is -1.72. The number of nitrogens with one attached hydrogen (secondary N) is 1. The van der Waals surface area contributed by atoms with E-state index in [1.54, 1.807) is 6.20 Å². The summed E-state index contributed by atoms with van der Waals surface area (Å²) in [5, 5.41) is 19.3. The first kappa shape index (κ1) is 14.7. The fraction of sp³-hybridized carbons (Fsp3) is 0.714. The summed E-state index contributed by atoms with van der Waals surface area (Å²) in [7, 11) is 1.96. The predicted octanol–water partition coefficient (Wildman–Crippen LogP) is 2.14. The van der Waals surface area contributed by atoms with E-state index in [4.69, 9.17) is 0 Å². The minimum atomic E-state index is -0.0281. The van der Waals surface area contributed by atoms with Crippen molar-refractivity contribution < 1.29 is 0 Å². The molecule has 2 heterocycles. The minimum absolute atomic E-state index is 0.0281. The van der Waals surface area contributed by atoms with Crippen LogP contribution in [-0.2, 0) is 24.3 Å². The summed E-state index contributed by atoms with van der Waals surface area (Å²) in [5.74, 6) is 0. The maximum Gasteiger partial charge on any atom is 0.0880 e. The van der Waals surface area contributed by atoms with Gasteiger partial charge in [0.25, 0.3) is 0 Å². The van der Waals surface area contributed by atoms with Gasteiger partial charge in [0.1, 0.15) is 0 Å². The van der Waals surface area contributed by atoms with E-state index in [9.17, 15) is 0 Å². The number of aromatic nitrogens is 6. The van der Waals surface area contributed by atoms with Crippen molar-refractivity contribution in [2.24, 2.45) is 7.05 Å². The van der Waals surface area contributed by atoms with Crippen LogP contribution in [0, 0.1) is 0 Å². The number of hydrogen-bond acceptors (Lipinski definition) is 4. The van der Waals surface area contributed by atoms with E-state index in [2.05, 4.69) is 60.3 Å². The molecule has 0 saturated heterocycles. The van der Waals surface area contributed by atoms with Crippen molar-refractivity contribution in [2.45, 2.75) is 58.3 Å². The lowest BCUT2D eigenvalue weighted by atomic mass is 9.82. The molecule has 6 nitrogen and oxygen atoms in total. The number of hydrogen-bond donors (Lipinski definition) is 1. The molecule has 0 aliphatic carbocycles. The summed E-state index contributed by atoms with van der Waals surface area (Å²) >= 11 is 0. The predicted molar refractivity (Wildman–Crippen MR) is 77.4 cm³/mol. The van der Waals surface area contributed by atoms with E-state index in [0.29, 0.717) is 0 Å². The molecular weight excluding hydrogens is 252 g/mol. The third kappa shape index (κ3) is 2.89. The molecule has 6 heteroatoms. The Morgan fingerprint density at radius 3 is 2.45 bits per heavy atom. The standard InChI is InChI=1S/C14H24N6/c1-13(2,3)12-10(16-19-20(12)6)7-8-14(4,5)11-9-15-18-17-11/h9H,7-8H2,1-6H3,(H,15,17,18). The SMILES string of the molecule is Cn1nnc(CCC(C)(C)c2cn[nH]n2)c1C(C)(C)C. The van der Waals surface area contributed by atoms with Crippen molar-refractivity contribution in [3.63, 3.8) is 0 Å². The second-order valence-corrected chi connectivity index (χ2v) is 7.00. The van der Waals surface area contributed by atoms with Crippen LogP contribution in [0.4, 0.5) is 0 Å². The van der Waals surface area contributed by atoms with E-state index in [-0.39, 0.29) is 10.8 Å². The Bertz CT molecular complexity index is 559. The average molecular weight is 276 g/mol. The molecule has 0 aromatic carbocycles. The summed E-state index contributed by atoms with van der Waals surface area (Å²) in [4.78, 5) is 0. The van der Waals surface area contributed by atoms with Gasteiger partial charge in [0.05, 0.1) is 23.3 Å². The zero-order chi connectivity index (χ0) is 15.0. The highest BCUT2D eigenvalue weighted by atomic mass is 15.4. The van der Waals surface area contributed by atoms with E-state index in [1.165, 1.54) is 5.69 Å². The summed E-state index contributed by atoms with van der Waals surface area (Å²) in [5.41, 5.74) is 3.29. The third-order valence-electron chi connectivity index (χ3n) is 3.70. The fourth-order valence-electron chi connectivity index (χ4n) is 2.57. The summed E-state index contributed by atoms with van der Waals surface area (Å²) in [6.07, 6.45) is 3.64. The van der Waals surface area contributed by atoms with Crippen LogP contribution in [0.2, 0.25) is 0 Å². The molecule has 0 unspecified atom stereocenters. The highest BCUT2D eigenvalue weighted by molar-refractivity contribution is 5.20. The maximum atomic E-state index is 4.34. The lowest BCUT2D eigenvalue weighted by Crippen LogP contribution is -2.22. The highest BCUT2D eigenvalue weighted by Gasteiger charge is 2.27. The van der Waals surface area contributed by atoms with Crippen LogP contribution in [0.25, 0.3) is 0 Å². The maximum absolute atomic E-state index is 4.34. The number of nitrogens with zero attached hydrogens (tertiary/aromatic N) is 5. The first-order valence-electron chi connectivity index (χ1n) is 6.97. The second kappa shape index (κ2) is 5.00. The van der Waals surface area contributed by atoms with Crippen LogP contribution >= 0.6 is 0 Å². The van der Waals surface area contributed by atoms with Gasteiger partial charge in [-0.2, -0.15) is 15.4 Å². The molecule has 0 amide bonds. The van der Waals surface area contributed by atoms with Crippen LogP contribution in [-0.4, -0.2) is 30.4 Å². The molecule has 0 aliphatic heterocycles. The van der Waals surface area contributed by atoms with Gasteiger partial charge in [0.15, 0.2) is 0 Å². The van der Waals surface area contributed by atoms with E-state index in [0.717, 1.165) is 24.2 Å². The Kier molecular flexibility index (Phi) is 3.67. The molecule has 0 saturated carbocycles. The van der Waals surface area contributed by atoms with Gasteiger partial charge in [-0.05, 0) is 12.8 Å². The molecule has 110 valence electrons. The molecule has 0 bridgehead atoms. The monoisotopic (exact) mass is 276 g/mol. The van der Waals surface area contributed by atoms with Gasteiger partial charge in [-0.1, -0.05) is 39.8 Å². The summed E-state index contributed by atoms with van der Waals surface area (Å²) < 4.78 is 1.89. The van der Waals surface area contributed by atoms with Crippen molar-refractivity contribution in [1.82, 2.24) is 30.4 Å². The second-order valence-electron chi connectivity index (χ2n) is 7.00. The van der Waals surface area contributed by atoms with Gasteiger partial charge in [0.2, 0.25) is 0 Å². The van der Waals surface area contributed by atoms with Crippen LogP contribution in [0.5, 0.6) is 0 Å². The van der Waals surface area contributed by atoms with E-state index >= 15 is 0 Å². The summed E-state index contributed by atoms with van der Waals surface area (Å²) in [6, 6.07) is 0. The topological polar surface area (TPSA) is 72.3 Å². The van der Waals surface area contributed by atoms with Gasteiger partial charge in [-0.25, -0.2) is 0 Å². The zero-order valence-corrected chi connectivity index (χ0v) is 13.2. The van der Waals surface area contributed by atoms with Gasteiger partial charge in [-0.15, -0.1) is 5.10 Å². The molecule has 0 atom stereocenters. The van der Waals surface area contributed by atoms with Gasteiger partial charge < -0.3 is 0 Å². The van der Waals surface area contributed by atoms with Gasteiger partial charge >= 0.3 is 0 Å². The Balaban J connectivity index is 2.16. The minimum Gasteiger partial charge on any atom is -0.252 e. The van der Waals surface area contributed by atoms with Crippen LogP contribution < -0.4 is 0 Å². The number of rotatable bonds is 4. The lowest BCUT2D eigenvalue weighted by Gasteiger charge is -2.23. The van der Waals surface area contributed by atoms with Crippen molar-refractivity contribution in [1.29, 1.82) is 0 Å². The van der Waals surface area contributed by atoms with Gasteiger partial charge in [-0.3, -0.25) is 4.68 Å². The highest BCUT2D eigenvalue weighted by Crippen LogP contribution is 2.29. The molecule has 20 heavy (non-hydrogen) atoms. The van der Waals surface area contributed by atoms with Crippen LogP contribution in [0.15, 0.2) is 6.20 Å². The Morgan fingerprint density at radius 1 is 1.20 bits per heavy atom. The molecule has 1 N–H and O–H groups in total. The molecule has 2 aromatic rings. The molecular formula is C14H24N6. The first-order chi connectivity index (χ1) is 9.22.